The predicted octanol–water partition coefficient (Wildman–Crippen LogP) is 3.77. The SMILES string of the molecule is Cc1cc(Br)ccc1NC(=O)CCCN1C(=O)c2ccccc2C1=O. The van der Waals surface area contributed by atoms with E-state index in [1.54, 1.807) is 24.3 Å². The van der Waals surface area contributed by atoms with Crippen LogP contribution in [0.15, 0.2) is 46.9 Å². The maximum atomic E-state index is 12.3. The van der Waals surface area contributed by atoms with E-state index in [2.05, 4.69) is 21.2 Å². The first kappa shape index (κ1) is 17.4. The van der Waals surface area contributed by atoms with Gasteiger partial charge in [0.2, 0.25) is 5.91 Å². The molecule has 0 unspecified atom stereocenters. The molecule has 0 saturated carbocycles. The second-order valence-electron chi connectivity index (χ2n) is 5.92. The lowest BCUT2D eigenvalue weighted by Gasteiger charge is -2.14. The fraction of sp³-hybridized carbons (Fsp3) is 0.211. The van der Waals surface area contributed by atoms with Crippen LogP contribution in [0.5, 0.6) is 0 Å². The van der Waals surface area contributed by atoms with Gasteiger partial charge in [-0.15, -0.1) is 0 Å². The Morgan fingerprint density at radius 3 is 2.32 bits per heavy atom. The van der Waals surface area contributed by atoms with Crippen molar-refractivity contribution in [3.8, 4) is 0 Å². The molecule has 1 aliphatic heterocycles. The summed E-state index contributed by atoms with van der Waals surface area (Å²) in [4.78, 5) is 37.8. The number of imide groups is 1. The Morgan fingerprint density at radius 1 is 1.08 bits per heavy atom. The maximum Gasteiger partial charge on any atom is 0.261 e. The van der Waals surface area contributed by atoms with E-state index in [0.29, 0.717) is 17.5 Å². The smallest absolute Gasteiger partial charge is 0.261 e. The third-order valence-corrected chi connectivity index (χ3v) is 4.62. The second kappa shape index (κ2) is 7.19. The van der Waals surface area contributed by atoms with Crippen molar-refractivity contribution in [2.45, 2.75) is 19.8 Å². The zero-order valence-electron chi connectivity index (χ0n) is 13.7. The molecule has 3 amide bonds. The number of carbonyl (C=O) groups is 3. The van der Waals surface area contributed by atoms with Crippen LogP contribution in [0.3, 0.4) is 0 Å². The standard InChI is InChI=1S/C19H17BrN2O3/c1-12-11-13(20)8-9-16(12)21-17(23)7-4-10-22-18(24)14-5-2-3-6-15(14)19(22)25/h2-3,5-6,8-9,11H,4,7,10H2,1H3,(H,21,23). The van der Waals surface area contributed by atoms with Crippen molar-refractivity contribution in [2.75, 3.05) is 11.9 Å². The first-order chi connectivity index (χ1) is 12.0. The fourth-order valence-electron chi connectivity index (χ4n) is 2.82. The molecule has 2 aromatic carbocycles. The number of carbonyl (C=O) groups excluding carboxylic acids is 3. The summed E-state index contributed by atoms with van der Waals surface area (Å²) in [5.74, 6) is -0.712. The summed E-state index contributed by atoms with van der Waals surface area (Å²) in [7, 11) is 0. The van der Waals surface area contributed by atoms with E-state index < -0.39 is 0 Å². The quantitative estimate of drug-likeness (QED) is 0.776. The van der Waals surface area contributed by atoms with Gasteiger partial charge in [0.15, 0.2) is 0 Å². The molecule has 6 heteroatoms. The first-order valence-corrected chi connectivity index (χ1v) is 8.78. The highest BCUT2D eigenvalue weighted by Gasteiger charge is 2.34. The third kappa shape index (κ3) is 3.64. The Bertz CT molecular complexity index is 828. The molecule has 0 aromatic heterocycles. The van der Waals surface area contributed by atoms with Gasteiger partial charge >= 0.3 is 0 Å². The van der Waals surface area contributed by atoms with Crippen molar-refractivity contribution in [3.05, 3.63) is 63.6 Å². The molecule has 1 heterocycles. The van der Waals surface area contributed by atoms with Gasteiger partial charge in [-0.2, -0.15) is 0 Å². The highest BCUT2D eigenvalue weighted by atomic mass is 79.9. The highest BCUT2D eigenvalue weighted by Crippen LogP contribution is 2.23. The number of hydrogen-bond acceptors (Lipinski definition) is 3. The number of rotatable bonds is 5. The molecule has 0 aliphatic carbocycles. The van der Waals surface area contributed by atoms with Gasteiger partial charge in [-0.3, -0.25) is 19.3 Å². The molecule has 0 radical (unpaired) electrons. The lowest BCUT2D eigenvalue weighted by atomic mass is 10.1. The molecule has 0 spiro atoms. The van der Waals surface area contributed by atoms with Crippen LogP contribution in [0.4, 0.5) is 5.69 Å². The highest BCUT2D eigenvalue weighted by molar-refractivity contribution is 9.10. The number of fused-ring (bicyclic) bond motifs is 1. The van der Waals surface area contributed by atoms with E-state index in [4.69, 9.17) is 0 Å². The fourth-order valence-corrected chi connectivity index (χ4v) is 3.30. The summed E-state index contributed by atoms with van der Waals surface area (Å²) in [5.41, 5.74) is 2.59. The molecule has 128 valence electrons. The maximum absolute atomic E-state index is 12.3. The van der Waals surface area contributed by atoms with Crippen LogP contribution in [0, 0.1) is 6.92 Å². The largest absolute Gasteiger partial charge is 0.326 e. The molecule has 5 nitrogen and oxygen atoms in total. The summed E-state index contributed by atoms with van der Waals surface area (Å²) < 4.78 is 0.952. The van der Waals surface area contributed by atoms with Gasteiger partial charge in [-0.25, -0.2) is 0 Å². The molecule has 2 aromatic rings. The van der Waals surface area contributed by atoms with E-state index in [9.17, 15) is 14.4 Å². The van der Waals surface area contributed by atoms with E-state index >= 15 is 0 Å². The summed E-state index contributed by atoms with van der Waals surface area (Å²) in [6.07, 6.45) is 0.662. The topological polar surface area (TPSA) is 66.5 Å². The molecule has 25 heavy (non-hydrogen) atoms. The summed E-state index contributed by atoms with van der Waals surface area (Å²) in [5, 5.41) is 2.85. The molecule has 0 saturated heterocycles. The minimum absolute atomic E-state index is 0.137. The zero-order valence-corrected chi connectivity index (χ0v) is 15.3. The number of amides is 3. The third-order valence-electron chi connectivity index (χ3n) is 4.13. The van der Waals surface area contributed by atoms with Gasteiger partial charge in [-0.05, 0) is 49.2 Å². The van der Waals surface area contributed by atoms with Crippen molar-refractivity contribution in [1.29, 1.82) is 0 Å². The predicted molar refractivity (Wildman–Crippen MR) is 98.6 cm³/mol. The van der Waals surface area contributed by atoms with Crippen LogP contribution in [-0.4, -0.2) is 29.2 Å². The molecular weight excluding hydrogens is 384 g/mol. The first-order valence-electron chi connectivity index (χ1n) is 7.98. The summed E-state index contributed by atoms with van der Waals surface area (Å²) in [6.45, 7) is 2.15. The number of aryl methyl sites for hydroxylation is 1. The van der Waals surface area contributed by atoms with Crippen molar-refractivity contribution in [1.82, 2.24) is 4.90 Å². The van der Waals surface area contributed by atoms with Crippen LogP contribution in [0.1, 0.15) is 39.1 Å². The van der Waals surface area contributed by atoms with Crippen molar-refractivity contribution in [2.24, 2.45) is 0 Å². The van der Waals surface area contributed by atoms with E-state index in [0.717, 1.165) is 15.7 Å². The average molecular weight is 401 g/mol. The molecule has 0 fully saturated rings. The number of nitrogens with one attached hydrogen (secondary N) is 1. The monoisotopic (exact) mass is 400 g/mol. The second-order valence-corrected chi connectivity index (χ2v) is 6.83. The van der Waals surface area contributed by atoms with Crippen molar-refractivity contribution in [3.63, 3.8) is 0 Å². The van der Waals surface area contributed by atoms with Gasteiger partial charge in [-0.1, -0.05) is 28.1 Å². The van der Waals surface area contributed by atoms with Crippen LogP contribution >= 0.6 is 15.9 Å². The van der Waals surface area contributed by atoms with Gasteiger partial charge in [0.05, 0.1) is 11.1 Å². The Hall–Kier alpha value is -2.47. The molecule has 1 N–H and O–H groups in total. The van der Waals surface area contributed by atoms with E-state index in [1.807, 2.05) is 25.1 Å². The van der Waals surface area contributed by atoms with Gasteiger partial charge in [0, 0.05) is 23.1 Å². The van der Waals surface area contributed by atoms with Gasteiger partial charge < -0.3 is 5.32 Å². The van der Waals surface area contributed by atoms with Crippen LogP contribution in [0.2, 0.25) is 0 Å². The Labute approximate surface area is 154 Å². The summed E-state index contributed by atoms with van der Waals surface area (Å²) >= 11 is 3.38. The molecular formula is C19H17BrN2O3. The van der Waals surface area contributed by atoms with Gasteiger partial charge in [0.1, 0.15) is 0 Å². The van der Waals surface area contributed by atoms with E-state index in [1.165, 1.54) is 4.90 Å². The number of anilines is 1. The van der Waals surface area contributed by atoms with E-state index in [-0.39, 0.29) is 30.7 Å². The van der Waals surface area contributed by atoms with Gasteiger partial charge in [0.25, 0.3) is 11.8 Å². The minimum atomic E-state index is -0.287. The molecule has 1 aliphatic rings. The average Bonchev–Trinajstić information content (AvgIpc) is 2.83. The Morgan fingerprint density at radius 2 is 1.72 bits per heavy atom. The zero-order chi connectivity index (χ0) is 18.0. The minimum Gasteiger partial charge on any atom is -0.326 e. The van der Waals surface area contributed by atoms with Crippen molar-refractivity contribution >= 4 is 39.3 Å². The van der Waals surface area contributed by atoms with Crippen LogP contribution in [-0.2, 0) is 4.79 Å². The van der Waals surface area contributed by atoms with Crippen molar-refractivity contribution < 1.29 is 14.4 Å². The molecule has 0 atom stereocenters. The normalized spacial score (nSPS) is 13.1. The summed E-state index contributed by atoms with van der Waals surface area (Å²) in [6, 6.07) is 12.4. The number of hydrogen-bond donors (Lipinski definition) is 1. The van der Waals surface area contributed by atoms with Crippen LogP contribution < -0.4 is 5.32 Å². The molecule has 0 bridgehead atoms. The number of benzene rings is 2. The number of halogens is 1. The Balaban J connectivity index is 1.54. The number of nitrogens with zero attached hydrogens (tertiary/aromatic N) is 1. The molecule has 3 rings (SSSR count). The van der Waals surface area contributed by atoms with Crippen LogP contribution in [0.25, 0.3) is 0 Å². The lowest BCUT2D eigenvalue weighted by molar-refractivity contribution is -0.116. The Kier molecular flexibility index (Phi) is 4.99. The lowest BCUT2D eigenvalue weighted by Crippen LogP contribution is -2.31.